The summed E-state index contributed by atoms with van der Waals surface area (Å²) in [5, 5.41) is 2.89. The van der Waals surface area contributed by atoms with Gasteiger partial charge in [0.15, 0.2) is 6.10 Å². The van der Waals surface area contributed by atoms with E-state index in [-0.39, 0.29) is 23.8 Å². The summed E-state index contributed by atoms with van der Waals surface area (Å²) in [6.07, 6.45) is -2.18. The first kappa shape index (κ1) is 21.8. The molecule has 0 aromatic heterocycles. The van der Waals surface area contributed by atoms with Crippen LogP contribution in [0, 0.1) is 13.8 Å². The predicted molar refractivity (Wildman–Crippen MR) is 106 cm³/mol. The van der Waals surface area contributed by atoms with Gasteiger partial charge in [-0.2, -0.15) is 0 Å². The second kappa shape index (κ2) is 10.2. The molecule has 0 spiro atoms. The summed E-state index contributed by atoms with van der Waals surface area (Å²) in [5.41, 5.74) is 9.02. The predicted octanol–water partition coefficient (Wildman–Crippen LogP) is 4.56. The third kappa shape index (κ3) is 5.76. The number of halogens is 2. The summed E-state index contributed by atoms with van der Waals surface area (Å²) in [7, 11) is 0. The molecule has 28 heavy (non-hydrogen) atoms. The van der Waals surface area contributed by atoms with Gasteiger partial charge in [-0.1, -0.05) is 43.2 Å². The molecule has 1 amide bonds. The minimum absolute atomic E-state index is 0.0225. The van der Waals surface area contributed by atoms with E-state index in [1.807, 2.05) is 32.9 Å². The molecule has 0 bridgehead atoms. The quantitative estimate of drug-likeness (QED) is 0.660. The Morgan fingerprint density at radius 3 is 2.46 bits per heavy atom. The zero-order valence-corrected chi connectivity index (χ0v) is 16.6. The highest BCUT2D eigenvalue weighted by atomic mass is 19.3. The molecule has 0 fully saturated rings. The fourth-order valence-corrected chi connectivity index (χ4v) is 3.05. The van der Waals surface area contributed by atoms with Crippen molar-refractivity contribution in [2.75, 3.05) is 0 Å². The van der Waals surface area contributed by atoms with Gasteiger partial charge in [0.05, 0.1) is 0 Å². The molecule has 0 heterocycles. The van der Waals surface area contributed by atoms with Gasteiger partial charge in [0.1, 0.15) is 5.75 Å². The number of ether oxygens (including phenoxy) is 1. The first-order chi connectivity index (χ1) is 13.3. The summed E-state index contributed by atoms with van der Waals surface area (Å²) in [6, 6.07) is 10.4. The summed E-state index contributed by atoms with van der Waals surface area (Å²) < 4.78 is 32.2. The second-order valence-corrected chi connectivity index (χ2v) is 6.91. The van der Waals surface area contributed by atoms with Crippen LogP contribution in [0.1, 0.15) is 54.0 Å². The maximum absolute atomic E-state index is 13.2. The van der Waals surface area contributed by atoms with Gasteiger partial charge in [-0.05, 0) is 49.1 Å². The lowest BCUT2D eigenvalue weighted by atomic mass is 10.1. The van der Waals surface area contributed by atoms with Gasteiger partial charge >= 0.3 is 0 Å². The highest BCUT2D eigenvalue weighted by Crippen LogP contribution is 2.28. The molecule has 1 atom stereocenters. The van der Waals surface area contributed by atoms with Gasteiger partial charge in [-0.15, -0.1) is 0 Å². The number of carbonyl (C=O) groups excluding carboxylic acids is 1. The Bertz CT molecular complexity index is 809. The molecule has 0 aliphatic carbocycles. The Morgan fingerprint density at radius 1 is 1.14 bits per heavy atom. The van der Waals surface area contributed by atoms with Crippen LogP contribution in [0.2, 0.25) is 0 Å². The van der Waals surface area contributed by atoms with E-state index in [1.165, 1.54) is 12.1 Å². The number of amides is 1. The minimum atomic E-state index is -2.65. The van der Waals surface area contributed by atoms with Crippen molar-refractivity contribution in [3.63, 3.8) is 0 Å². The third-order valence-corrected chi connectivity index (χ3v) is 4.65. The molecule has 1 unspecified atom stereocenters. The summed E-state index contributed by atoms with van der Waals surface area (Å²) >= 11 is 0. The van der Waals surface area contributed by atoms with Crippen molar-refractivity contribution in [3.8, 4) is 5.75 Å². The van der Waals surface area contributed by atoms with E-state index in [1.54, 1.807) is 6.07 Å². The Balaban J connectivity index is 2.09. The summed E-state index contributed by atoms with van der Waals surface area (Å²) in [6.45, 7) is 6.37. The van der Waals surface area contributed by atoms with E-state index in [4.69, 9.17) is 10.5 Å². The molecule has 2 aromatic carbocycles. The molecule has 2 rings (SSSR count). The zero-order chi connectivity index (χ0) is 20.7. The van der Waals surface area contributed by atoms with Crippen molar-refractivity contribution in [2.45, 2.75) is 59.2 Å². The lowest BCUT2D eigenvalue weighted by Gasteiger charge is -2.20. The molecular weight excluding hydrogens is 362 g/mol. The largest absolute Gasteiger partial charge is 0.481 e. The number of alkyl halides is 2. The normalized spacial score (nSPS) is 12.1. The van der Waals surface area contributed by atoms with E-state index < -0.39 is 12.5 Å². The van der Waals surface area contributed by atoms with Crippen molar-refractivity contribution in [3.05, 3.63) is 64.2 Å². The van der Waals surface area contributed by atoms with E-state index in [0.717, 1.165) is 23.1 Å². The van der Waals surface area contributed by atoms with Crippen LogP contribution in [0.25, 0.3) is 0 Å². The molecular formula is C22H28F2N2O2. The van der Waals surface area contributed by atoms with E-state index in [9.17, 15) is 13.6 Å². The standard InChI is InChI=1S/C22H28F2N2O2/c1-4-5-20(22(27)26-13-17-7-6-14(2)10-15(17)3)28-18-9-8-16(12-25)19(11-18)21(23)24/h6-11,20-21H,4-5,12-13,25H2,1-3H3,(H,26,27). The average Bonchev–Trinajstić information content (AvgIpc) is 2.66. The number of rotatable bonds is 9. The van der Waals surface area contributed by atoms with Crippen LogP contribution in [-0.2, 0) is 17.9 Å². The fourth-order valence-electron chi connectivity index (χ4n) is 3.05. The first-order valence-electron chi connectivity index (χ1n) is 9.47. The SMILES string of the molecule is CCCC(Oc1ccc(CN)c(C(F)F)c1)C(=O)NCc1ccc(C)cc1C. The Hall–Kier alpha value is -2.47. The molecule has 2 aromatic rings. The number of nitrogens with two attached hydrogens (primary N) is 1. The smallest absolute Gasteiger partial charge is 0.264 e. The van der Waals surface area contributed by atoms with Crippen LogP contribution in [0.15, 0.2) is 36.4 Å². The number of hydrogen-bond donors (Lipinski definition) is 2. The van der Waals surface area contributed by atoms with Crippen molar-refractivity contribution in [1.29, 1.82) is 0 Å². The maximum atomic E-state index is 13.2. The van der Waals surface area contributed by atoms with Gasteiger partial charge in [0.25, 0.3) is 12.3 Å². The Kier molecular flexibility index (Phi) is 7.93. The lowest BCUT2D eigenvalue weighted by molar-refractivity contribution is -0.128. The second-order valence-electron chi connectivity index (χ2n) is 6.91. The molecule has 3 N–H and O–H groups in total. The Labute approximate surface area is 165 Å². The van der Waals surface area contributed by atoms with Crippen LogP contribution in [0.4, 0.5) is 8.78 Å². The number of aryl methyl sites for hydroxylation is 2. The highest BCUT2D eigenvalue weighted by molar-refractivity contribution is 5.81. The van der Waals surface area contributed by atoms with Gasteiger partial charge < -0.3 is 15.8 Å². The van der Waals surface area contributed by atoms with Crippen LogP contribution in [0.3, 0.4) is 0 Å². The number of benzene rings is 2. The van der Waals surface area contributed by atoms with Crippen LogP contribution < -0.4 is 15.8 Å². The van der Waals surface area contributed by atoms with Crippen molar-refractivity contribution in [1.82, 2.24) is 5.32 Å². The van der Waals surface area contributed by atoms with E-state index in [0.29, 0.717) is 18.5 Å². The highest BCUT2D eigenvalue weighted by Gasteiger charge is 2.21. The fraction of sp³-hybridized carbons (Fsp3) is 0.409. The van der Waals surface area contributed by atoms with Gasteiger partial charge in [-0.3, -0.25) is 4.79 Å². The number of hydrogen-bond acceptors (Lipinski definition) is 3. The molecule has 6 heteroatoms. The van der Waals surface area contributed by atoms with E-state index >= 15 is 0 Å². The van der Waals surface area contributed by atoms with Crippen molar-refractivity contribution in [2.24, 2.45) is 5.73 Å². The van der Waals surface area contributed by atoms with Crippen LogP contribution >= 0.6 is 0 Å². The topological polar surface area (TPSA) is 64.3 Å². The lowest BCUT2D eigenvalue weighted by Crippen LogP contribution is -2.38. The molecule has 0 aliphatic rings. The molecule has 0 saturated carbocycles. The van der Waals surface area contributed by atoms with Gasteiger partial charge in [-0.25, -0.2) is 8.78 Å². The molecule has 152 valence electrons. The molecule has 4 nitrogen and oxygen atoms in total. The first-order valence-corrected chi connectivity index (χ1v) is 9.47. The number of carbonyl (C=O) groups is 1. The van der Waals surface area contributed by atoms with E-state index in [2.05, 4.69) is 11.4 Å². The molecule has 0 saturated heterocycles. The summed E-state index contributed by atoms with van der Waals surface area (Å²) in [5.74, 6) is -0.0176. The number of nitrogens with one attached hydrogen (secondary N) is 1. The van der Waals surface area contributed by atoms with Crippen molar-refractivity contribution >= 4 is 5.91 Å². The maximum Gasteiger partial charge on any atom is 0.264 e. The zero-order valence-electron chi connectivity index (χ0n) is 16.6. The van der Waals surface area contributed by atoms with Crippen LogP contribution in [-0.4, -0.2) is 12.0 Å². The van der Waals surface area contributed by atoms with Crippen LogP contribution in [0.5, 0.6) is 5.75 Å². The minimum Gasteiger partial charge on any atom is -0.481 e. The Morgan fingerprint density at radius 2 is 1.86 bits per heavy atom. The van der Waals surface area contributed by atoms with Crippen molar-refractivity contribution < 1.29 is 18.3 Å². The summed E-state index contributed by atoms with van der Waals surface area (Å²) in [4.78, 5) is 12.6. The molecule has 0 aliphatic heterocycles. The van der Waals surface area contributed by atoms with Gasteiger partial charge in [0, 0.05) is 18.7 Å². The third-order valence-electron chi connectivity index (χ3n) is 4.65. The monoisotopic (exact) mass is 390 g/mol. The molecule has 0 radical (unpaired) electrons. The van der Waals surface area contributed by atoms with Gasteiger partial charge in [0.2, 0.25) is 0 Å². The average molecular weight is 390 g/mol.